The Kier molecular flexibility index (Phi) is 6.14. The lowest BCUT2D eigenvalue weighted by Crippen LogP contribution is -2.41. The second-order valence-electron chi connectivity index (χ2n) is 4.05. The number of hydrogen-bond acceptors (Lipinski definition) is 5. The molecule has 0 aliphatic heterocycles. The molecule has 0 fully saturated rings. The first kappa shape index (κ1) is 17.4. The molecular weight excluding hydrogens is 319 g/mol. The van der Waals surface area contributed by atoms with Gasteiger partial charge in [0.15, 0.2) is 0 Å². The van der Waals surface area contributed by atoms with E-state index in [9.17, 15) is 17.6 Å². The van der Waals surface area contributed by atoms with Crippen molar-refractivity contribution in [1.29, 1.82) is 5.26 Å². The lowest BCUT2D eigenvalue weighted by molar-refractivity contribution is -0.139. The van der Waals surface area contributed by atoms with E-state index < -0.39 is 33.4 Å². The number of thioether (sulfide) groups is 1. The molecule has 2 N–H and O–H groups in total. The first-order valence-electron chi connectivity index (χ1n) is 5.75. The van der Waals surface area contributed by atoms with E-state index in [0.29, 0.717) is 5.75 Å². The second-order valence-corrected chi connectivity index (χ2v) is 6.75. The molecule has 1 atom stereocenters. The molecule has 0 aliphatic carbocycles. The zero-order chi connectivity index (χ0) is 16.0. The van der Waals surface area contributed by atoms with Crippen molar-refractivity contribution >= 4 is 27.8 Å². The van der Waals surface area contributed by atoms with Gasteiger partial charge in [0.2, 0.25) is 10.0 Å². The second kappa shape index (κ2) is 7.40. The van der Waals surface area contributed by atoms with Crippen molar-refractivity contribution in [2.24, 2.45) is 0 Å². The molecule has 114 valence electrons. The maximum Gasteiger partial charge on any atom is 0.321 e. The third-order valence-corrected chi connectivity index (χ3v) is 4.69. The molecule has 21 heavy (non-hydrogen) atoms. The summed E-state index contributed by atoms with van der Waals surface area (Å²) in [6, 6.07) is 2.95. The lowest BCUT2D eigenvalue weighted by atomic mass is 10.2. The van der Waals surface area contributed by atoms with E-state index in [0.717, 1.165) is 18.2 Å². The van der Waals surface area contributed by atoms with Crippen LogP contribution in [0.1, 0.15) is 12.0 Å². The standard InChI is InChI=1S/C12H13FN2O4S2/c1-20-5-4-11(12(16)17)15-21(18,19)9-2-3-10(13)8(6-9)7-14/h2-3,6,11,15H,4-5H2,1H3,(H,16,17)/t11-/m0/s1. The smallest absolute Gasteiger partial charge is 0.321 e. The van der Waals surface area contributed by atoms with Crippen molar-refractivity contribution in [1.82, 2.24) is 4.72 Å². The summed E-state index contributed by atoms with van der Waals surface area (Å²) in [5.41, 5.74) is -0.422. The van der Waals surface area contributed by atoms with Crippen molar-refractivity contribution in [3.63, 3.8) is 0 Å². The minimum Gasteiger partial charge on any atom is -0.480 e. The van der Waals surface area contributed by atoms with Crippen LogP contribution in [0.15, 0.2) is 23.1 Å². The van der Waals surface area contributed by atoms with Crippen LogP contribution in [-0.2, 0) is 14.8 Å². The molecule has 1 aromatic rings. The van der Waals surface area contributed by atoms with Gasteiger partial charge < -0.3 is 5.11 Å². The number of halogens is 1. The number of aliphatic carboxylic acids is 1. The molecule has 1 rings (SSSR count). The number of carboxylic acid groups (broad SMARTS) is 1. The molecule has 9 heteroatoms. The Hall–Kier alpha value is -1.63. The van der Waals surface area contributed by atoms with Crippen LogP contribution in [-0.4, -0.2) is 37.5 Å². The van der Waals surface area contributed by atoms with E-state index in [1.807, 2.05) is 4.72 Å². The third kappa shape index (κ3) is 4.70. The van der Waals surface area contributed by atoms with Crippen LogP contribution in [0, 0.1) is 17.1 Å². The number of benzene rings is 1. The number of rotatable bonds is 7. The first-order valence-corrected chi connectivity index (χ1v) is 8.63. The van der Waals surface area contributed by atoms with Crippen LogP contribution in [0.3, 0.4) is 0 Å². The minimum atomic E-state index is -4.14. The summed E-state index contributed by atoms with van der Waals surface area (Å²) in [6.45, 7) is 0. The SMILES string of the molecule is CSCC[C@H](NS(=O)(=O)c1ccc(F)c(C#N)c1)C(=O)O. The Balaban J connectivity index is 3.05. The van der Waals surface area contributed by atoms with Crippen LogP contribution in [0.4, 0.5) is 4.39 Å². The van der Waals surface area contributed by atoms with E-state index in [-0.39, 0.29) is 11.3 Å². The van der Waals surface area contributed by atoms with Crippen molar-refractivity contribution in [2.45, 2.75) is 17.4 Å². The molecule has 0 saturated heterocycles. The monoisotopic (exact) mass is 332 g/mol. The third-order valence-electron chi connectivity index (χ3n) is 2.57. The van der Waals surface area contributed by atoms with E-state index in [1.165, 1.54) is 17.8 Å². The molecule has 0 aliphatic rings. The normalized spacial score (nSPS) is 12.6. The van der Waals surface area contributed by atoms with Gasteiger partial charge in [-0.05, 0) is 36.6 Å². The average molecular weight is 332 g/mol. The molecule has 0 amide bonds. The number of nitrogens with one attached hydrogen (secondary N) is 1. The zero-order valence-electron chi connectivity index (χ0n) is 11.0. The molecular formula is C12H13FN2O4S2. The minimum absolute atomic E-state index is 0.113. The molecule has 1 aromatic carbocycles. The van der Waals surface area contributed by atoms with Gasteiger partial charge in [0.25, 0.3) is 0 Å². The molecule has 0 heterocycles. The summed E-state index contributed by atoms with van der Waals surface area (Å²) in [7, 11) is -4.14. The molecule has 0 aromatic heterocycles. The Morgan fingerprint density at radius 3 is 2.76 bits per heavy atom. The number of hydrogen-bond donors (Lipinski definition) is 2. The lowest BCUT2D eigenvalue weighted by Gasteiger charge is -2.14. The van der Waals surface area contributed by atoms with Crippen LogP contribution < -0.4 is 4.72 Å². The Labute approximate surface area is 126 Å². The predicted molar refractivity (Wildman–Crippen MR) is 75.9 cm³/mol. The van der Waals surface area contributed by atoms with Crippen molar-refractivity contribution in [2.75, 3.05) is 12.0 Å². The highest BCUT2D eigenvalue weighted by Gasteiger charge is 2.25. The van der Waals surface area contributed by atoms with Crippen molar-refractivity contribution < 1.29 is 22.7 Å². The van der Waals surface area contributed by atoms with Gasteiger partial charge in [-0.15, -0.1) is 0 Å². The molecule has 0 saturated carbocycles. The van der Waals surface area contributed by atoms with Gasteiger partial charge in [-0.2, -0.15) is 21.7 Å². The molecule has 0 radical (unpaired) electrons. The van der Waals surface area contributed by atoms with Gasteiger partial charge in [-0.1, -0.05) is 0 Å². The van der Waals surface area contributed by atoms with Gasteiger partial charge in [-0.3, -0.25) is 4.79 Å². The summed E-state index contributed by atoms with van der Waals surface area (Å²) < 4.78 is 39.4. The predicted octanol–water partition coefficient (Wildman–Crippen LogP) is 1.18. The average Bonchev–Trinajstić information content (AvgIpc) is 2.43. The van der Waals surface area contributed by atoms with Gasteiger partial charge >= 0.3 is 5.97 Å². The summed E-state index contributed by atoms with van der Waals surface area (Å²) in [6.07, 6.45) is 1.88. The highest BCUT2D eigenvalue weighted by atomic mass is 32.2. The number of carboxylic acids is 1. The quantitative estimate of drug-likeness (QED) is 0.776. The van der Waals surface area contributed by atoms with E-state index >= 15 is 0 Å². The van der Waals surface area contributed by atoms with Crippen LogP contribution in [0.2, 0.25) is 0 Å². The molecule has 6 nitrogen and oxygen atoms in total. The Bertz CT molecular complexity index is 670. The molecule has 0 bridgehead atoms. The van der Waals surface area contributed by atoms with Crippen molar-refractivity contribution in [3.05, 3.63) is 29.6 Å². The highest BCUT2D eigenvalue weighted by Crippen LogP contribution is 2.15. The summed E-state index contributed by atoms with van der Waals surface area (Å²) >= 11 is 1.39. The number of carbonyl (C=O) groups is 1. The van der Waals surface area contributed by atoms with E-state index in [1.54, 1.807) is 6.26 Å². The highest BCUT2D eigenvalue weighted by molar-refractivity contribution is 7.98. The fourth-order valence-corrected chi connectivity index (χ4v) is 3.20. The maximum absolute atomic E-state index is 13.2. The van der Waals surface area contributed by atoms with Gasteiger partial charge in [-0.25, -0.2) is 12.8 Å². The van der Waals surface area contributed by atoms with Gasteiger partial charge in [0, 0.05) is 0 Å². The largest absolute Gasteiger partial charge is 0.480 e. The van der Waals surface area contributed by atoms with Crippen LogP contribution >= 0.6 is 11.8 Å². The molecule has 0 spiro atoms. The van der Waals surface area contributed by atoms with Crippen LogP contribution in [0.5, 0.6) is 0 Å². The zero-order valence-corrected chi connectivity index (χ0v) is 12.7. The van der Waals surface area contributed by atoms with Gasteiger partial charge in [0.1, 0.15) is 17.9 Å². The maximum atomic E-state index is 13.2. The summed E-state index contributed by atoms with van der Waals surface area (Å²) in [5.74, 6) is -1.67. The van der Waals surface area contributed by atoms with E-state index in [4.69, 9.17) is 10.4 Å². The molecule has 0 unspecified atom stereocenters. The fraction of sp³-hybridized carbons (Fsp3) is 0.333. The fourth-order valence-electron chi connectivity index (χ4n) is 1.48. The number of sulfonamides is 1. The first-order chi connectivity index (χ1) is 9.81. The van der Waals surface area contributed by atoms with Crippen molar-refractivity contribution in [3.8, 4) is 6.07 Å². The summed E-state index contributed by atoms with van der Waals surface area (Å²) in [4.78, 5) is 10.7. The number of nitrogens with zero attached hydrogens (tertiary/aromatic N) is 1. The van der Waals surface area contributed by atoms with E-state index in [2.05, 4.69) is 0 Å². The summed E-state index contributed by atoms with van der Waals surface area (Å²) in [5, 5.41) is 17.7. The topological polar surface area (TPSA) is 107 Å². The van der Waals surface area contributed by atoms with Crippen LogP contribution in [0.25, 0.3) is 0 Å². The van der Waals surface area contributed by atoms with Gasteiger partial charge in [0.05, 0.1) is 10.5 Å². The Morgan fingerprint density at radius 2 is 2.24 bits per heavy atom. The number of nitriles is 1. The Morgan fingerprint density at radius 1 is 1.57 bits per heavy atom.